The first-order chi connectivity index (χ1) is 14.0. The fourth-order valence-electron chi connectivity index (χ4n) is 4.69. The molecule has 3 aliphatic rings. The number of pyridine rings is 1. The fourth-order valence-corrected chi connectivity index (χ4v) is 6.18. The predicted octanol–water partition coefficient (Wildman–Crippen LogP) is 2.63. The lowest BCUT2D eigenvalue weighted by molar-refractivity contribution is -0.0289. The van der Waals surface area contributed by atoms with E-state index >= 15 is 0 Å². The maximum absolute atomic E-state index is 11.8. The molecule has 2 aromatic rings. The van der Waals surface area contributed by atoms with Gasteiger partial charge in [0.05, 0.1) is 34.5 Å². The molecule has 2 fully saturated rings. The van der Waals surface area contributed by atoms with E-state index in [9.17, 15) is 8.42 Å². The minimum Gasteiger partial charge on any atom is -0.381 e. The van der Waals surface area contributed by atoms with Gasteiger partial charge >= 0.3 is 0 Å². The van der Waals surface area contributed by atoms with Gasteiger partial charge in [-0.05, 0) is 38.7 Å². The van der Waals surface area contributed by atoms with E-state index in [2.05, 4.69) is 27.0 Å². The van der Waals surface area contributed by atoms with E-state index in [0.717, 1.165) is 47.4 Å². The predicted molar refractivity (Wildman–Crippen MR) is 112 cm³/mol. The monoisotopic (exact) mass is 417 g/mol. The van der Waals surface area contributed by atoms with Crippen molar-refractivity contribution < 1.29 is 13.3 Å². The Labute approximate surface area is 170 Å². The SMILES string of the molecule is CCn1ncc2c(NC3CCS(=O)(=O)CC3)c(C3=CC4(CCCC4)ON3)cnc21. The number of aryl methyl sites for hydroxylation is 1. The number of fused-ring (bicyclic) bond motifs is 1. The summed E-state index contributed by atoms with van der Waals surface area (Å²) in [6.45, 7) is 2.78. The van der Waals surface area contributed by atoms with Crippen molar-refractivity contribution in [2.24, 2.45) is 0 Å². The summed E-state index contributed by atoms with van der Waals surface area (Å²) in [6.07, 6.45) is 11.5. The smallest absolute Gasteiger partial charge is 0.159 e. The first-order valence-electron chi connectivity index (χ1n) is 10.5. The second kappa shape index (κ2) is 6.98. The van der Waals surface area contributed by atoms with Gasteiger partial charge in [0, 0.05) is 24.3 Å². The molecule has 2 N–H and O–H groups in total. The molecule has 1 aliphatic carbocycles. The average Bonchev–Trinajstić information content (AvgIpc) is 3.44. The summed E-state index contributed by atoms with van der Waals surface area (Å²) in [6, 6.07) is 0.108. The van der Waals surface area contributed by atoms with Crippen LogP contribution in [0.2, 0.25) is 0 Å². The van der Waals surface area contributed by atoms with Crippen molar-refractivity contribution in [3.8, 4) is 0 Å². The van der Waals surface area contributed by atoms with E-state index in [0.29, 0.717) is 12.8 Å². The Morgan fingerprint density at radius 3 is 2.76 bits per heavy atom. The van der Waals surface area contributed by atoms with Crippen LogP contribution in [-0.4, -0.2) is 46.3 Å². The molecule has 2 aromatic heterocycles. The Kier molecular flexibility index (Phi) is 4.54. The van der Waals surface area contributed by atoms with Crippen molar-refractivity contribution in [3.63, 3.8) is 0 Å². The summed E-state index contributed by atoms with van der Waals surface area (Å²) in [5, 5.41) is 9.06. The maximum atomic E-state index is 11.8. The minimum absolute atomic E-state index is 0.108. The van der Waals surface area contributed by atoms with Crippen molar-refractivity contribution in [2.75, 3.05) is 16.8 Å². The highest BCUT2D eigenvalue weighted by atomic mass is 32.2. The zero-order valence-electron chi connectivity index (χ0n) is 16.6. The highest BCUT2D eigenvalue weighted by molar-refractivity contribution is 7.91. The molecule has 0 bridgehead atoms. The summed E-state index contributed by atoms with van der Waals surface area (Å²) in [5.41, 5.74) is 6.59. The number of nitrogens with zero attached hydrogens (tertiary/aromatic N) is 3. The highest BCUT2D eigenvalue weighted by Crippen LogP contribution is 2.41. The summed E-state index contributed by atoms with van der Waals surface area (Å²) in [4.78, 5) is 10.7. The molecule has 0 amide bonds. The van der Waals surface area contributed by atoms with Gasteiger partial charge in [0.1, 0.15) is 15.4 Å². The Bertz CT molecular complexity index is 1060. The number of hydrogen-bond donors (Lipinski definition) is 2. The first-order valence-corrected chi connectivity index (χ1v) is 12.3. The van der Waals surface area contributed by atoms with Crippen LogP contribution in [0.15, 0.2) is 18.5 Å². The average molecular weight is 418 g/mol. The molecule has 1 saturated carbocycles. The Morgan fingerprint density at radius 1 is 1.28 bits per heavy atom. The molecule has 8 nitrogen and oxygen atoms in total. The van der Waals surface area contributed by atoms with Crippen molar-refractivity contribution in [2.45, 2.75) is 63.6 Å². The van der Waals surface area contributed by atoms with Crippen LogP contribution >= 0.6 is 0 Å². The van der Waals surface area contributed by atoms with Crippen LogP contribution < -0.4 is 10.8 Å². The number of nitrogens with one attached hydrogen (secondary N) is 2. The molecule has 0 aromatic carbocycles. The number of aromatic nitrogens is 3. The summed E-state index contributed by atoms with van der Waals surface area (Å²) < 4.78 is 25.5. The lowest BCUT2D eigenvalue weighted by Gasteiger charge is -2.25. The van der Waals surface area contributed by atoms with Crippen LogP contribution in [0.25, 0.3) is 16.7 Å². The summed E-state index contributed by atoms with van der Waals surface area (Å²) >= 11 is 0. The molecule has 29 heavy (non-hydrogen) atoms. The largest absolute Gasteiger partial charge is 0.381 e. The van der Waals surface area contributed by atoms with Gasteiger partial charge in [0.2, 0.25) is 0 Å². The first kappa shape index (κ1) is 18.9. The number of hydrogen-bond acceptors (Lipinski definition) is 7. The molecular weight excluding hydrogens is 390 g/mol. The van der Waals surface area contributed by atoms with Gasteiger partial charge in [0.15, 0.2) is 5.65 Å². The minimum atomic E-state index is -2.90. The second-order valence-electron chi connectivity index (χ2n) is 8.35. The van der Waals surface area contributed by atoms with Crippen LogP contribution in [0.5, 0.6) is 0 Å². The van der Waals surface area contributed by atoms with Crippen molar-refractivity contribution >= 4 is 32.3 Å². The molecule has 0 atom stereocenters. The third kappa shape index (κ3) is 3.40. The Balaban J connectivity index is 1.54. The van der Waals surface area contributed by atoms with Crippen molar-refractivity contribution in [3.05, 3.63) is 24.0 Å². The van der Waals surface area contributed by atoms with Gasteiger partial charge in [-0.3, -0.25) is 10.3 Å². The van der Waals surface area contributed by atoms with Crippen LogP contribution in [0.1, 0.15) is 51.0 Å². The molecule has 1 saturated heterocycles. The third-order valence-electron chi connectivity index (χ3n) is 6.38. The molecule has 156 valence electrons. The second-order valence-corrected chi connectivity index (χ2v) is 10.7. The molecule has 5 rings (SSSR count). The van der Waals surface area contributed by atoms with E-state index < -0.39 is 9.84 Å². The number of hydroxylamine groups is 1. The van der Waals surface area contributed by atoms with Crippen LogP contribution in [0.4, 0.5) is 5.69 Å². The number of anilines is 1. The molecule has 0 unspecified atom stereocenters. The maximum Gasteiger partial charge on any atom is 0.159 e. The fraction of sp³-hybridized carbons (Fsp3) is 0.600. The molecule has 9 heteroatoms. The number of rotatable bonds is 4. The zero-order chi connectivity index (χ0) is 20.1. The quantitative estimate of drug-likeness (QED) is 0.789. The van der Waals surface area contributed by atoms with Crippen molar-refractivity contribution in [1.29, 1.82) is 0 Å². The molecule has 0 radical (unpaired) electrons. The Hall–Kier alpha value is -2.13. The van der Waals surface area contributed by atoms with Crippen LogP contribution in [-0.2, 0) is 21.2 Å². The topological polar surface area (TPSA) is 98.1 Å². The normalized spacial score (nSPS) is 23.4. The lowest BCUT2D eigenvalue weighted by atomic mass is 9.99. The number of sulfone groups is 1. The van der Waals surface area contributed by atoms with Gasteiger partial charge in [-0.15, -0.1) is 0 Å². The van der Waals surface area contributed by atoms with Gasteiger partial charge < -0.3 is 5.32 Å². The van der Waals surface area contributed by atoms with Crippen molar-refractivity contribution in [1.82, 2.24) is 20.2 Å². The van der Waals surface area contributed by atoms with Gasteiger partial charge in [0.25, 0.3) is 0 Å². The lowest BCUT2D eigenvalue weighted by Crippen LogP contribution is -2.32. The summed E-state index contributed by atoms with van der Waals surface area (Å²) in [7, 11) is -2.90. The van der Waals surface area contributed by atoms with E-state index in [1.54, 1.807) is 0 Å². The van der Waals surface area contributed by atoms with Gasteiger partial charge in [-0.1, -0.05) is 12.8 Å². The molecule has 2 aliphatic heterocycles. The molecule has 1 spiro atoms. The van der Waals surface area contributed by atoms with E-state index in [1.165, 1.54) is 12.8 Å². The highest BCUT2D eigenvalue weighted by Gasteiger charge is 2.39. The van der Waals surface area contributed by atoms with E-state index in [4.69, 9.17) is 4.84 Å². The van der Waals surface area contributed by atoms with Gasteiger partial charge in [-0.25, -0.2) is 18.1 Å². The van der Waals surface area contributed by atoms with Crippen LogP contribution in [0, 0.1) is 0 Å². The third-order valence-corrected chi connectivity index (χ3v) is 8.10. The molecular formula is C20H27N5O3S. The molecule has 4 heterocycles. The van der Waals surface area contributed by atoms with E-state index in [1.807, 2.05) is 24.0 Å². The van der Waals surface area contributed by atoms with Crippen LogP contribution in [0.3, 0.4) is 0 Å². The Morgan fingerprint density at radius 2 is 2.03 bits per heavy atom. The standard InChI is InChI=1S/C20H27N5O3S/c1-2-25-19-16(13-22-25)18(23-14-5-9-29(26,27)10-6-14)15(12-21-19)17-11-20(28-24-17)7-3-4-8-20/h11-14,24H,2-10H2,1H3,(H,21,23). The zero-order valence-corrected chi connectivity index (χ0v) is 17.5. The van der Waals surface area contributed by atoms with Gasteiger partial charge in [-0.2, -0.15) is 5.10 Å². The van der Waals surface area contributed by atoms with E-state index in [-0.39, 0.29) is 23.1 Å². The summed E-state index contributed by atoms with van der Waals surface area (Å²) in [5.74, 6) is 0.464.